The minimum Gasteiger partial charge on any atom is -0.229 e. The Morgan fingerprint density at radius 1 is 0.741 bits per heavy atom. The van der Waals surface area contributed by atoms with E-state index in [0.717, 1.165) is 38.5 Å². The first-order chi connectivity index (χ1) is 13.0. The number of sulfone groups is 1. The highest BCUT2D eigenvalue weighted by molar-refractivity contribution is 7.91. The molecule has 0 saturated heterocycles. The molecule has 0 spiro atoms. The first-order valence-electron chi connectivity index (χ1n) is 10.1. The van der Waals surface area contributed by atoms with Crippen molar-refractivity contribution in [2.75, 3.05) is 5.75 Å². The van der Waals surface area contributed by atoms with Crippen molar-refractivity contribution in [3.8, 4) is 0 Å². The van der Waals surface area contributed by atoms with Gasteiger partial charge in [-0.2, -0.15) is 0 Å². The van der Waals surface area contributed by atoms with Gasteiger partial charge in [0.15, 0.2) is 9.84 Å². The zero-order chi connectivity index (χ0) is 19.3. The zero-order valence-electron chi connectivity index (χ0n) is 16.4. The van der Waals surface area contributed by atoms with Gasteiger partial charge < -0.3 is 0 Å². The third-order valence-electron chi connectivity index (χ3n) is 5.43. The fourth-order valence-electron chi connectivity index (χ4n) is 3.63. The summed E-state index contributed by atoms with van der Waals surface area (Å²) in [6.07, 6.45) is 6.31. The van der Waals surface area contributed by atoms with Crippen LogP contribution in [0.5, 0.6) is 0 Å². The Morgan fingerprint density at radius 3 is 2.11 bits per heavy atom. The van der Waals surface area contributed by atoms with Crippen LogP contribution >= 0.6 is 0 Å². The van der Waals surface area contributed by atoms with E-state index in [1.165, 1.54) is 27.1 Å². The monoisotopic (exact) mass is 382 g/mol. The van der Waals surface area contributed by atoms with Crippen molar-refractivity contribution in [1.82, 2.24) is 0 Å². The van der Waals surface area contributed by atoms with Gasteiger partial charge in [-0.25, -0.2) is 8.42 Å². The van der Waals surface area contributed by atoms with Crippen LogP contribution in [0.3, 0.4) is 0 Å². The zero-order valence-corrected chi connectivity index (χ0v) is 17.3. The third kappa shape index (κ3) is 5.10. The van der Waals surface area contributed by atoms with Crippen molar-refractivity contribution in [2.24, 2.45) is 0 Å². The van der Waals surface area contributed by atoms with Gasteiger partial charge in [-0.1, -0.05) is 61.7 Å². The molecule has 0 bridgehead atoms. The molecule has 0 aliphatic rings. The maximum atomic E-state index is 11.8. The Kier molecular flexibility index (Phi) is 6.54. The predicted molar refractivity (Wildman–Crippen MR) is 117 cm³/mol. The molecule has 0 saturated carbocycles. The molecule has 0 N–H and O–H groups in total. The van der Waals surface area contributed by atoms with Crippen molar-refractivity contribution in [3.63, 3.8) is 0 Å². The molecule has 0 atom stereocenters. The van der Waals surface area contributed by atoms with Gasteiger partial charge in [0, 0.05) is 0 Å². The second-order valence-electron chi connectivity index (χ2n) is 7.77. The Hall–Kier alpha value is -1.87. The van der Waals surface area contributed by atoms with Crippen molar-refractivity contribution in [3.05, 3.63) is 60.2 Å². The number of aryl methyl sites for hydroxylation is 1. The summed E-state index contributed by atoms with van der Waals surface area (Å²) in [4.78, 5) is 0. The predicted octanol–water partition coefficient (Wildman–Crippen LogP) is 6.31. The maximum absolute atomic E-state index is 11.8. The van der Waals surface area contributed by atoms with Crippen molar-refractivity contribution >= 4 is 31.4 Å². The summed E-state index contributed by atoms with van der Waals surface area (Å²) >= 11 is 0. The van der Waals surface area contributed by atoms with E-state index < -0.39 is 9.84 Å². The van der Waals surface area contributed by atoms with E-state index in [1.54, 1.807) is 13.8 Å². The van der Waals surface area contributed by atoms with Gasteiger partial charge in [0.2, 0.25) is 0 Å². The molecule has 0 unspecified atom stereocenters. The second kappa shape index (κ2) is 8.88. The van der Waals surface area contributed by atoms with Gasteiger partial charge in [0.05, 0.1) is 11.0 Å². The number of benzene rings is 3. The number of rotatable bonds is 9. The van der Waals surface area contributed by atoms with Crippen LogP contribution in [0.25, 0.3) is 21.5 Å². The molecule has 0 radical (unpaired) electrons. The average molecular weight is 383 g/mol. The molecule has 3 aromatic carbocycles. The summed E-state index contributed by atoms with van der Waals surface area (Å²) < 4.78 is 23.6. The lowest BCUT2D eigenvalue weighted by Crippen LogP contribution is -2.17. The van der Waals surface area contributed by atoms with E-state index in [9.17, 15) is 8.42 Å². The van der Waals surface area contributed by atoms with Crippen LogP contribution in [0.1, 0.15) is 51.5 Å². The summed E-state index contributed by atoms with van der Waals surface area (Å²) in [6, 6.07) is 19.7. The molecule has 0 amide bonds. The van der Waals surface area contributed by atoms with E-state index >= 15 is 0 Å². The Bertz CT molecular complexity index is 1000. The minimum atomic E-state index is -2.88. The van der Waals surface area contributed by atoms with Gasteiger partial charge in [-0.3, -0.25) is 0 Å². The molecular weight excluding hydrogens is 352 g/mol. The summed E-state index contributed by atoms with van der Waals surface area (Å²) in [7, 11) is -2.88. The van der Waals surface area contributed by atoms with E-state index in [2.05, 4.69) is 54.6 Å². The first kappa shape index (κ1) is 19.9. The van der Waals surface area contributed by atoms with Crippen molar-refractivity contribution in [1.29, 1.82) is 0 Å². The quantitative estimate of drug-likeness (QED) is 0.321. The Labute approximate surface area is 163 Å². The lowest BCUT2D eigenvalue weighted by Gasteiger charge is -2.09. The smallest absolute Gasteiger partial charge is 0.152 e. The summed E-state index contributed by atoms with van der Waals surface area (Å²) in [5, 5.41) is 5.01. The molecule has 0 fully saturated rings. The molecule has 0 aromatic heterocycles. The molecule has 3 aromatic rings. The van der Waals surface area contributed by atoms with Gasteiger partial charge in [0.25, 0.3) is 0 Å². The fourth-order valence-corrected chi connectivity index (χ4v) is 4.71. The van der Waals surface area contributed by atoms with Crippen LogP contribution in [0, 0.1) is 0 Å². The van der Waals surface area contributed by atoms with Gasteiger partial charge >= 0.3 is 0 Å². The highest BCUT2D eigenvalue weighted by atomic mass is 32.2. The fraction of sp³-hybridized carbons (Fsp3) is 0.417. The number of hydrogen-bond donors (Lipinski definition) is 0. The number of unbranched alkanes of at least 4 members (excludes halogenated alkanes) is 4. The lowest BCUT2D eigenvalue weighted by atomic mass is 9.96. The van der Waals surface area contributed by atoms with Crippen LogP contribution < -0.4 is 0 Å². The molecular formula is C24H30O2S. The standard InChI is InChI=1S/C24H30O2S/c1-19(2)27(25,26)16-9-5-3-4-6-11-20-14-10-15-23-17-21-12-7-8-13-22(21)18-24(20)23/h7-8,10,12-15,17-19H,3-6,9,11,16H2,1-2H3. The minimum absolute atomic E-state index is 0.250. The van der Waals surface area contributed by atoms with E-state index in [0.29, 0.717) is 5.75 Å². The summed E-state index contributed by atoms with van der Waals surface area (Å²) in [5.41, 5.74) is 1.42. The topological polar surface area (TPSA) is 34.1 Å². The Balaban J connectivity index is 1.53. The molecule has 0 aliphatic carbocycles. The average Bonchev–Trinajstić information content (AvgIpc) is 2.65. The van der Waals surface area contributed by atoms with E-state index in [4.69, 9.17) is 0 Å². The highest BCUT2D eigenvalue weighted by Gasteiger charge is 2.14. The first-order valence-corrected chi connectivity index (χ1v) is 11.8. The SMILES string of the molecule is CC(C)S(=O)(=O)CCCCCCCc1cccc2cc3ccccc3cc12. The summed E-state index contributed by atoms with van der Waals surface area (Å²) in [6.45, 7) is 3.53. The Morgan fingerprint density at radius 2 is 1.37 bits per heavy atom. The van der Waals surface area contributed by atoms with Crippen molar-refractivity contribution < 1.29 is 8.42 Å². The molecule has 2 nitrogen and oxygen atoms in total. The van der Waals surface area contributed by atoms with Crippen LogP contribution in [0.4, 0.5) is 0 Å². The number of hydrogen-bond acceptors (Lipinski definition) is 2. The van der Waals surface area contributed by atoms with E-state index in [-0.39, 0.29) is 5.25 Å². The number of fused-ring (bicyclic) bond motifs is 2. The second-order valence-corrected chi connectivity index (χ2v) is 10.4. The highest BCUT2D eigenvalue weighted by Crippen LogP contribution is 2.26. The van der Waals surface area contributed by atoms with E-state index in [1.807, 2.05) is 0 Å². The lowest BCUT2D eigenvalue weighted by molar-refractivity contribution is 0.577. The maximum Gasteiger partial charge on any atom is 0.152 e. The molecule has 0 aliphatic heterocycles. The van der Waals surface area contributed by atoms with Crippen LogP contribution in [-0.4, -0.2) is 19.4 Å². The van der Waals surface area contributed by atoms with Gasteiger partial charge in [-0.05, 0) is 72.4 Å². The van der Waals surface area contributed by atoms with Crippen molar-refractivity contribution in [2.45, 2.75) is 57.6 Å². The molecule has 3 rings (SSSR count). The molecule has 144 valence electrons. The largest absolute Gasteiger partial charge is 0.229 e. The van der Waals surface area contributed by atoms with Crippen LogP contribution in [-0.2, 0) is 16.3 Å². The van der Waals surface area contributed by atoms with Gasteiger partial charge in [-0.15, -0.1) is 0 Å². The molecule has 27 heavy (non-hydrogen) atoms. The van der Waals surface area contributed by atoms with Crippen LogP contribution in [0.15, 0.2) is 54.6 Å². The molecule has 3 heteroatoms. The normalized spacial score (nSPS) is 12.3. The third-order valence-corrected chi connectivity index (χ3v) is 7.72. The molecule has 0 heterocycles. The summed E-state index contributed by atoms with van der Waals surface area (Å²) in [5.74, 6) is 0.334. The van der Waals surface area contributed by atoms with Crippen LogP contribution in [0.2, 0.25) is 0 Å². The van der Waals surface area contributed by atoms with Gasteiger partial charge in [0.1, 0.15) is 0 Å².